The fraction of sp³-hybridized carbons (Fsp3) is 0.333. The monoisotopic (exact) mass is 386 g/mol. The van der Waals surface area contributed by atoms with E-state index >= 15 is 0 Å². The Morgan fingerprint density at radius 2 is 2.31 bits per heavy atom. The number of nitrogens with zero attached hydrogens (tertiary/aromatic N) is 4. The molecule has 6 nitrogen and oxygen atoms in total. The summed E-state index contributed by atoms with van der Waals surface area (Å²) in [6.45, 7) is 0.610. The average Bonchev–Trinajstić information content (AvgIpc) is 3.37. The van der Waals surface area contributed by atoms with Crippen LogP contribution in [0.1, 0.15) is 24.1 Å². The SMILES string of the molecule is O=C(CSCc1cc(=O)n2ccsc2n1)N(Cc1cccnc1)C1CC1. The zero-order valence-corrected chi connectivity index (χ0v) is 15.7. The van der Waals surface area contributed by atoms with E-state index in [2.05, 4.69) is 9.97 Å². The largest absolute Gasteiger partial charge is 0.335 e. The Bertz CT molecular complexity index is 966. The number of hydrogen-bond acceptors (Lipinski definition) is 6. The summed E-state index contributed by atoms with van der Waals surface area (Å²) in [4.78, 5) is 35.9. The number of rotatable bonds is 7. The van der Waals surface area contributed by atoms with Gasteiger partial charge in [0.05, 0.1) is 11.4 Å². The molecule has 0 radical (unpaired) electrons. The molecule has 0 bridgehead atoms. The van der Waals surface area contributed by atoms with E-state index in [0.29, 0.717) is 29.1 Å². The van der Waals surface area contributed by atoms with Crippen LogP contribution < -0.4 is 5.56 Å². The minimum absolute atomic E-state index is 0.0747. The zero-order valence-electron chi connectivity index (χ0n) is 14.1. The van der Waals surface area contributed by atoms with Gasteiger partial charge in [-0.25, -0.2) is 4.98 Å². The summed E-state index contributed by atoms with van der Waals surface area (Å²) in [6.07, 6.45) is 7.42. The fourth-order valence-electron chi connectivity index (χ4n) is 2.78. The third kappa shape index (κ3) is 3.96. The molecule has 0 atom stereocenters. The molecule has 8 heteroatoms. The molecule has 0 N–H and O–H groups in total. The van der Waals surface area contributed by atoms with Gasteiger partial charge in [-0.1, -0.05) is 6.07 Å². The van der Waals surface area contributed by atoms with Crippen LogP contribution in [0.2, 0.25) is 0 Å². The number of thiazole rings is 1. The van der Waals surface area contributed by atoms with E-state index in [9.17, 15) is 9.59 Å². The van der Waals surface area contributed by atoms with Crippen molar-refractivity contribution < 1.29 is 4.79 Å². The van der Waals surface area contributed by atoms with Gasteiger partial charge in [0, 0.05) is 48.4 Å². The molecule has 0 unspecified atom stereocenters. The first-order chi connectivity index (χ1) is 12.7. The maximum absolute atomic E-state index is 12.7. The van der Waals surface area contributed by atoms with Gasteiger partial charge in [-0.15, -0.1) is 23.1 Å². The quantitative estimate of drug-likeness (QED) is 0.624. The van der Waals surface area contributed by atoms with E-state index in [1.54, 1.807) is 18.5 Å². The number of carbonyl (C=O) groups excluding carboxylic acids is 1. The van der Waals surface area contributed by atoms with E-state index in [4.69, 9.17) is 0 Å². The lowest BCUT2D eigenvalue weighted by atomic mass is 10.2. The molecule has 0 aromatic carbocycles. The van der Waals surface area contributed by atoms with Crippen LogP contribution >= 0.6 is 23.1 Å². The van der Waals surface area contributed by atoms with E-state index < -0.39 is 0 Å². The van der Waals surface area contributed by atoms with Crippen LogP contribution in [0, 0.1) is 0 Å². The van der Waals surface area contributed by atoms with Gasteiger partial charge in [-0.2, -0.15) is 0 Å². The second-order valence-electron chi connectivity index (χ2n) is 6.25. The number of fused-ring (bicyclic) bond motifs is 1. The number of carbonyl (C=O) groups is 1. The summed E-state index contributed by atoms with van der Waals surface area (Å²) in [5.41, 5.74) is 1.70. The summed E-state index contributed by atoms with van der Waals surface area (Å²) in [6, 6.07) is 5.79. The van der Waals surface area contributed by atoms with E-state index in [0.717, 1.165) is 24.1 Å². The molecule has 1 aliphatic carbocycles. The maximum atomic E-state index is 12.7. The zero-order chi connectivity index (χ0) is 17.9. The molecule has 3 heterocycles. The number of amides is 1. The highest BCUT2D eigenvalue weighted by Gasteiger charge is 2.32. The van der Waals surface area contributed by atoms with Gasteiger partial charge < -0.3 is 4.90 Å². The fourth-order valence-corrected chi connectivity index (χ4v) is 4.32. The summed E-state index contributed by atoms with van der Waals surface area (Å²) >= 11 is 2.94. The molecule has 134 valence electrons. The highest BCUT2D eigenvalue weighted by Crippen LogP contribution is 2.29. The Morgan fingerprint density at radius 1 is 1.42 bits per heavy atom. The molecule has 0 spiro atoms. The number of thioether (sulfide) groups is 1. The van der Waals surface area contributed by atoms with Crippen LogP contribution in [0.15, 0.2) is 47.0 Å². The van der Waals surface area contributed by atoms with E-state index in [-0.39, 0.29) is 11.5 Å². The van der Waals surface area contributed by atoms with Crippen LogP contribution in [-0.2, 0) is 17.1 Å². The molecular weight excluding hydrogens is 368 g/mol. The second-order valence-corrected chi connectivity index (χ2v) is 8.11. The van der Waals surface area contributed by atoms with Crippen molar-refractivity contribution in [2.45, 2.75) is 31.2 Å². The molecule has 0 aliphatic heterocycles. The topological polar surface area (TPSA) is 67.6 Å². The molecule has 4 rings (SSSR count). The normalized spacial score (nSPS) is 13.8. The first-order valence-electron chi connectivity index (χ1n) is 8.42. The Balaban J connectivity index is 1.36. The summed E-state index contributed by atoms with van der Waals surface area (Å²) in [7, 11) is 0. The minimum atomic E-state index is -0.0747. The third-order valence-corrected chi connectivity index (χ3v) is 5.92. The predicted octanol–water partition coefficient (Wildman–Crippen LogP) is 2.58. The van der Waals surface area contributed by atoms with Crippen molar-refractivity contribution in [3.05, 3.63) is 63.8 Å². The molecule has 3 aromatic heterocycles. The van der Waals surface area contributed by atoms with Gasteiger partial charge >= 0.3 is 0 Å². The number of hydrogen-bond donors (Lipinski definition) is 0. The van der Waals surface area contributed by atoms with E-state index in [1.807, 2.05) is 28.6 Å². The third-order valence-electron chi connectivity index (χ3n) is 4.22. The van der Waals surface area contributed by atoms with Crippen molar-refractivity contribution in [3.63, 3.8) is 0 Å². The van der Waals surface area contributed by atoms with Crippen molar-refractivity contribution in [1.82, 2.24) is 19.3 Å². The Hall–Kier alpha value is -2.19. The van der Waals surface area contributed by atoms with Crippen LogP contribution in [0.25, 0.3) is 4.96 Å². The Labute approximate surface area is 158 Å². The van der Waals surface area contributed by atoms with Crippen molar-refractivity contribution in [1.29, 1.82) is 0 Å². The molecule has 1 amide bonds. The predicted molar refractivity (Wildman–Crippen MR) is 103 cm³/mol. The highest BCUT2D eigenvalue weighted by atomic mass is 32.2. The number of aromatic nitrogens is 3. The van der Waals surface area contributed by atoms with Crippen molar-refractivity contribution in [2.24, 2.45) is 0 Å². The second kappa shape index (κ2) is 7.59. The van der Waals surface area contributed by atoms with Crippen molar-refractivity contribution in [2.75, 3.05) is 5.75 Å². The maximum Gasteiger partial charge on any atom is 0.258 e. The first kappa shape index (κ1) is 17.2. The Kier molecular flexibility index (Phi) is 5.03. The lowest BCUT2D eigenvalue weighted by molar-refractivity contribution is -0.129. The molecule has 0 saturated heterocycles. The van der Waals surface area contributed by atoms with Crippen LogP contribution in [0.5, 0.6) is 0 Å². The number of pyridine rings is 1. The van der Waals surface area contributed by atoms with Gasteiger partial charge in [0.25, 0.3) is 5.56 Å². The summed E-state index contributed by atoms with van der Waals surface area (Å²) < 4.78 is 1.53. The van der Waals surface area contributed by atoms with Crippen LogP contribution in [0.3, 0.4) is 0 Å². The van der Waals surface area contributed by atoms with Gasteiger partial charge in [-0.3, -0.25) is 19.0 Å². The van der Waals surface area contributed by atoms with Gasteiger partial charge in [0.2, 0.25) is 5.91 Å². The highest BCUT2D eigenvalue weighted by molar-refractivity contribution is 7.99. The van der Waals surface area contributed by atoms with Crippen molar-refractivity contribution in [3.8, 4) is 0 Å². The van der Waals surface area contributed by atoms with Gasteiger partial charge in [-0.05, 0) is 24.5 Å². The van der Waals surface area contributed by atoms with Crippen LogP contribution in [0.4, 0.5) is 0 Å². The summed E-state index contributed by atoms with van der Waals surface area (Å²) in [5, 5.41) is 1.84. The summed E-state index contributed by atoms with van der Waals surface area (Å²) in [5.74, 6) is 1.08. The minimum Gasteiger partial charge on any atom is -0.335 e. The van der Waals surface area contributed by atoms with Gasteiger partial charge in [0.15, 0.2) is 4.96 Å². The molecule has 1 saturated carbocycles. The lowest BCUT2D eigenvalue weighted by Gasteiger charge is -2.22. The van der Waals surface area contributed by atoms with Crippen LogP contribution in [-0.4, -0.2) is 37.0 Å². The molecule has 3 aromatic rings. The lowest BCUT2D eigenvalue weighted by Crippen LogP contribution is -2.34. The standard InChI is InChI=1S/C18H18N4O2S2/c23-16-8-14(20-18-21(16)6-7-26-18)11-25-12-17(24)22(15-3-4-15)10-13-2-1-5-19-9-13/h1-2,5-9,15H,3-4,10-12H2. The van der Waals surface area contributed by atoms with E-state index in [1.165, 1.54) is 27.5 Å². The first-order valence-corrected chi connectivity index (χ1v) is 10.5. The molecule has 1 fully saturated rings. The average molecular weight is 387 g/mol. The smallest absolute Gasteiger partial charge is 0.258 e. The Morgan fingerprint density at radius 3 is 3.08 bits per heavy atom. The molecule has 1 aliphatic rings. The van der Waals surface area contributed by atoms with Gasteiger partial charge in [0.1, 0.15) is 0 Å². The molecule has 26 heavy (non-hydrogen) atoms. The van der Waals surface area contributed by atoms with Crippen molar-refractivity contribution >= 4 is 34.0 Å². The molecular formula is C18H18N4O2S2.